The molecule has 1 rings (SSSR count). The topological polar surface area (TPSA) is 148 Å². The van der Waals surface area contributed by atoms with E-state index in [0.717, 1.165) is 0 Å². The van der Waals surface area contributed by atoms with Gasteiger partial charge in [0.25, 0.3) is 0 Å². The Kier molecular flexibility index (Phi) is 9.44. The fourth-order valence-corrected chi connectivity index (χ4v) is 2.30. The fourth-order valence-electron chi connectivity index (χ4n) is 2.15. The van der Waals surface area contributed by atoms with E-state index in [4.69, 9.17) is 26.7 Å². The summed E-state index contributed by atoms with van der Waals surface area (Å²) in [4.78, 5) is 35.3. The van der Waals surface area contributed by atoms with Crippen molar-refractivity contribution in [2.45, 2.75) is 44.8 Å². The van der Waals surface area contributed by atoms with Crippen molar-refractivity contribution in [1.29, 1.82) is 0 Å². The third kappa shape index (κ3) is 8.08. The van der Waals surface area contributed by atoms with E-state index in [9.17, 15) is 14.4 Å². The second-order valence-electron chi connectivity index (χ2n) is 6.64. The van der Waals surface area contributed by atoms with E-state index in [1.54, 1.807) is 24.3 Å². The molecule has 0 saturated carbocycles. The van der Waals surface area contributed by atoms with Gasteiger partial charge in [-0.1, -0.05) is 26.0 Å². The van der Waals surface area contributed by atoms with Crippen LogP contribution in [0.3, 0.4) is 0 Å². The monoisotopic (exact) mass is 397 g/mol. The number of hydrogen-bond acceptors (Lipinski definition) is 9. The van der Waals surface area contributed by atoms with Crippen LogP contribution >= 0.6 is 12.6 Å². The summed E-state index contributed by atoms with van der Waals surface area (Å²) in [7, 11) is 0. The van der Waals surface area contributed by atoms with Gasteiger partial charge in [-0.05, 0) is 36.5 Å². The molecule has 0 aromatic heterocycles. The molecule has 1 aromatic carbocycles. The van der Waals surface area contributed by atoms with Crippen LogP contribution in [0.15, 0.2) is 24.3 Å². The van der Waals surface area contributed by atoms with Crippen LogP contribution in [0.25, 0.3) is 0 Å². The Morgan fingerprint density at radius 1 is 0.926 bits per heavy atom. The summed E-state index contributed by atoms with van der Waals surface area (Å²) in [6.45, 7) is 3.82. The van der Waals surface area contributed by atoms with Gasteiger partial charge in [0.2, 0.25) is 0 Å². The van der Waals surface area contributed by atoms with Crippen molar-refractivity contribution in [3.8, 4) is 5.75 Å². The molecular weight excluding hydrogens is 370 g/mol. The molecule has 0 heterocycles. The normalized spacial score (nSPS) is 14.3. The number of thiol groups is 1. The summed E-state index contributed by atoms with van der Waals surface area (Å²) < 4.78 is 9.83. The highest BCUT2D eigenvalue weighted by molar-refractivity contribution is 7.80. The van der Waals surface area contributed by atoms with E-state index in [1.807, 2.05) is 13.8 Å². The second-order valence-corrected chi connectivity index (χ2v) is 7.01. The highest BCUT2D eigenvalue weighted by Gasteiger charge is 2.24. The number of esters is 3. The Bertz CT molecular complexity index is 651. The molecule has 3 atom stereocenters. The number of carbonyl (C=O) groups excluding carboxylic acids is 3. The third-order valence-electron chi connectivity index (χ3n) is 3.63. The molecule has 0 spiro atoms. The predicted molar refractivity (Wildman–Crippen MR) is 104 cm³/mol. The van der Waals surface area contributed by atoms with Crippen molar-refractivity contribution in [3.05, 3.63) is 29.8 Å². The number of benzene rings is 1. The minimum absolute atomic E-state index is 0.149. The zero-order chi connectivity index (χ0) is 20.6. The number of rotatable bonds is 9. The summed E-state index contributed by atoms with van der Waals surface area (Å²) in [6, 6.07) is 3.71. The maximum absolute atomic E-state index is 12.0. The molecule has 9 heteroatoms. The molecule has 8 nitrogen and oxygen atoms in total. The SMILES string of the molecule is CC(C)C[C@H](N)C(=O)OC(=O)[C@@H](N)Cc1ccc(OC(=O)[C@@H](N)CS)cc1. The zero-order valence-electron chi connectivity index (χ0n) is 15.5. The van der Waals surface area contributed by atoms with Crippen molar-refractivity contribution in [2.75, 3.05) is 5.75 Å². The third-order valence-corrected chi connectivity index (χ3v) is 4.02. The van der Waals surface area contributed by atoms with E-state index in [2.05, 4.69) is 12.6 Å². The van der Waals surface area contributed by atoms with Crippen LogP contribution in [0.5, 0.6) is 5.75 Å². The maximum atomic E-state index is 12.0. The lowest BCUT2D eigenvalue weighted by atomic mass is 10.0. The van der Waals surface area contributed by atoms with Crippen LogP contribution < -0.4 is 21.9 Å². The minimum Gasteiger partial charge on any atom is -0.425 e. The van der Waals surface area contributed by atoms with E-state index in [0.29, 0.717) is 17.7 Å². The molecule has 27 heavy (non-hydrogen) atoms. The van der Waals surface area contributed by atoms with E-state index >= 15 is 0 Å². The van der Waals surface area contributed by atoms with Gasteiger partial charge in [-0.2, -0.15) is 12.6 Å². The molecule has 0 radical (unpaired) electrons. The van der Waals surface area contributed by atoms with Gasteiger partial charge < -0.3 is 26.7 Å². The van der Waals surface area contributed by atoms with Crippen LogP contribution in [-0.4, -0.2) is 41.8 Å². The van der Waals surface area contributed by atoms with Crippen molar-refractivity contribution >= 4 is 30.5 Å². The Hall–Kier alpha value is -1.94. The van der Waals surface area contributed by atoms with Crippen molar-refractivity contribution in [2.24, 2.45) is 23.1 Å². The number of nitrogens with two attached hydrogens (primary N) is 3. The summed E-state index contributed by atoms with van der Waals surface area (Å²) in [5.41, 5.74) is 17.7. The first-order valence-electron chi connectivity index (χ1n) is 8.57. The fraction of sp³-hybridized carbons (Fsp3) is 0.500. The van der Waals surface area contributed by atoms with E-state index < -0.39 is 36.0 Å². The Morgan fingerprint density at radius 2 is 1.48 bits per heavy atom. The molecule has 0 bridgehead atoms. The number of ether oxygens (including phenoxy) is 2. The molecule has 0 unspecified atom stereocenters. The molecule has 1 aromatic rings. The Labute approximate surface area is 164 Å². The van der Waals surface area contributed by atoms with Gasteiger partial charge >= 0.3 is 17.9 Å². The summed E-state index contributed by atoms with van der Waals surface area (Å²) in [5.74, 6) is -1.53. The molecule has 0 aliphatic rings. The molecule has 150 valence electrons. The second kappa shape index (κ2) is 11.0. The largest absolute Gasteiger partial charge is 0.425 e. The number of carbonyl (C=O) groups is 3. The average Bonchev–Trinajstić information content (AvgIpc) is 2.61. The number of hydrogen-bond donors (Lipinski definition) is 4. The van der Waals surface area contributed by atoms with E-state index in [-0.39, 0.29) is 18.1 Å². The first-order chi connectivity index (χ1) is 12.6. The summed E-state index contributed by atoms with van der Waals surface area (Å²) >= 11 is 3.93. The highest BCUT2D eigenvalue weighted by Crippen LogP contribution is 2.14. The van der Waals surface area contributed by atoms with Crippen LogP contribution in [0, 0.1) is 5.92 Å². The van der Waals surface area contributed by atoms with Gasteiger partial charge in [-0.3, -0.25) is 0 Å². The molecular formula is C18H27N3O5S. The lowest BCUT2D eigenvalue weighted by Crippen LogP contribution is -2.41. The van der Waals surface area contributed by atoms with Gasteiger partial charge in [-0.15, -0.1) is 0 Å². The average molecular weight is 397 g/mol. The summed E-state index contributed by atoms with van der Waals surface area (Å²) in [6.07, 6.45) is 0.564. The van der Waals surface area contributed by atoms with Crippen molar-refractivity contribution < 1.29 is 23.9 Å². The standard InChI is InChI=1S/C18H27N3O5S/c1-10(2)7-13(19)16(22)26-17(23)14(20)8-11-3-5-12(6-4-11)25-18(24)15(21)9-27/h3-6,10,13-15,27H,7-9,19-21H2,1-2H3/t13-,14-,15-/m0/s1. The quantitative estimate of drug-likeness (QED) is 0.199. The van der Waals surface area contributed by atoms with E-state index in [1.165, 1.54) is 0 Å². The Balaban J connectivity index is 2.56. The first kappa shape index (κ1) is 23.1. The summed E-state index contributed by atoms with van der Waals surface area (Å²) in [5, 5.41) is 0. The van der Waals surface area contributed by atoms with Crippen molar-refractivity contribution in [1.82, 2.24) is 0 Å². The van der Waals surface area contributed by atoms with Crippen LogP contribution in [0.2, 0.25) is 0 Å². The predicted octanol–water partition coefficient (Wildman–Crippen LogP) is 0.162. The van der Waals surface area contributed by atoms with Crippen molar-refractivity contribution in [3.63, 3.8) is 0 Å². The molecule has 0 saturated heterocycles. The molecule has 6 N–H and O–H groups in total. The maximum Gasteiger partial charge on any atom is 0.330 e. The lowest BCUT2D eigenvalue weighted by Gasteiger charge is -2.15. The van der Waals surface area contributed by atoms with Crippen LogP contribution in [0.1, 0.15) is 25.8 Å². The zero-order valence-corrected chi connectivity index (χ0v) is 16.4. The highest BCUT2D eigenvalue weighted by atomic mass is 32.1. The first-order valence-corrected chi connectivity index (χ1v) is 9.21. The van der Waals surface area contributed by atoms with Gasteiger partial charge in [-0.25, -0.2) is 14.4 Å². The molecule has 0 amide bonds. The van der Waals surface area contributed by atoms with Crippen LogP contribution in [0.4, 0.5) is 0 Å². The Morgan fingerprint density at radius 3 is 2.00 bits per heavy atom. The van der Waals surface area contributed by atoms with Crippen LogP contribution in [-0.2, 0) is 25.5 Å². The smallest absolute Gasteiger partial charge is 0.330 e. The molecule has 0 aliphatic heterocycles. The molecule has 0 fully saturated rings. The van der Waals surface area contributed by atoms with Gasteiger partial charge in [0.05, 0.1) is 0 Å². The minimum atomic E-state index is -1.02. The van der Waals surface area contributed by atoms with Gasteiger partial charge in [0.15, 0.2) is 0 Å². The lowest BCUT2D eigenvalue weighted by molar-refractivity contribution is -0.161. The van der Waals surface area contributed by atoms with Gasteiger partial charge in [0, 0.05) is 5.75 Å². The molecule has 0 aliphatic carbocycles. The van der Waals surface area contributed by atoms with Gasteiger partial charge in [0.1, 0.15) is 23.9 Å².